The molecule has 0 aromatic heterocycles. The first-order chi connectivity index (χ1) is 10.1. The molecule has 1 aliphatic carbocycles. The van der Waals surface area contributed by atoms with Crippen LogP contribution in [0, 0.1) is 5.92 Å². The van der Waals surface area contributed by atoms with Crippen LogP contribution in [-0.2, 0) is 16.1 Å². The van der Waals surface area contributed by atoms with Gasteiger partial charge in [0.2, 0.25) is 5.91 Å². The molecule has 1 amide bonds. The Labute approximate surface area is 131 Å². The number of carbonyl (C=O) groups excluding carboxylic acids is 1. The zero-order valence-corrected chi connectivity index (χ0v) is 13.3. The molecule has 3 rings (SSSR count). The fraction of sp³-hybridized carbons (Fsp3) is 0.562. The lowest BCUT2D eigenvalue weighted by Gasteiger charge is -2.38. The number of aryl methyl sites for hydroxylation is 1. The molecule has 2 aliphatic rings. The second kappa shape index (κ2) is 5.99. The predicted octanol–water partition coefficient (Wildman–Crippen LogP) is 1.68. The van der Waals surface area contributed by atoms with Crippen molar-refractivity contribution in [2.45, 2.75) is 30.6 Å². The highest BCUT2D eigenvalue weighted by Gasteiger charge is 2.43. The van der Waals surface area contributed by atoms with Crippen LogP contribution in [0.25, 0.3) is 0 Å². The number of hydrogen-bond donors (Lipinski definition) is 3. The van der Waals surface area contributed by atoms with E-state index < -0.39 is 4.87 Å². The molecule has 0 saturated carbocycles. The van der Waals surface area contributed by atoms with Gasteiger partial charge in [-0.2, -0.15) is 0 Å². The zero-order chi connectivity index (χ0) is 14.9. The average molecular weight is 305 g/mol. The van der Waals surface area contributed by atoms with Crippen molar-refractivity contribution in [3.63, 3.8) is 0 Å². The van der Waals surface area contributed by atoms with Crippen LogP contribution in [0.1, 0.15) is 30.4 Å². The summed E-state index contributed by atoms with van der Waals surface area (Å²) in [6, 6.07) is 8.29. The van der Waals surface area contributed by atoms with E-state index in [2.05, 4.69) is 22.9 Å². The minimum Gasteiger partial charge on any atom is -0.316 e. The second-order valence-electron chi connectivity index (χ2n) is 5.99. The van der Waals surface area contributed by atoms with Crippen molar-refractivity contribution in [3.8, 4) is 0 Å². The van der Waals surface area contributed by atoms with E-state index in [0.29, 0.717) is 12.3 Å². The van der Waals surface area contributed by atoms with E-state index in [1.807, 2.05) is 19.2 Å². The number of benzene rings is 1. The van der Waals surface area contributed by atoms with Gasteiger partial charge in [-0.05, 0) is 49.4 Å². The minimum atomic E-state index is -0.533. The van der Waals surface area contributed by atoms with Gasteiger partial charge < -0.3 is 5.32 Å². The number of hydrazine groups is 1. The summed E-state index contributed by atoms with van der Waals surface area (Å²) in [7, 11) is 1.81. The molecule has 2 unspecified atom stereocenters. The summed E-state index contributed by atoms with van der Waals surface area (Å²) < 4.78 is 0. The number of rotatable bonds is 4. The monoisotopic (exact) mass is 305 g/mol. The fourth-order valence-electron chi connectivity index (χ4n) is 3.55. The van der Waals surface area contributed by atoms with Crippen LogP contribution in [0.15, 0.2) is 24.3 Å². The maximum absolute atomic E-state index is 12.7. The highest BCUT2D eigenvalue weighted by Crippen LogP contribution is 2.44. The van der Waals surface area contributed by atoms with Gasteiger partial charge in [0, 0.05) is 13.5 Å². The Morgan fingerprint density at radius 2 is 2.33 bits per heavy atom. The van der Waals surface area contributed by atoms with Gasteiger partial charge in [0.25, 0.3) is 0 Å². The molecule has 1 aliphatic heterocycles. The van der Waals surface area contributed by atoms with Gasteiger partial charge in [-0.3, -0.25) is 9.80 Å². The summed E-state index contributed by atoms with van der Waals surface area (Å²) in [5.41, 5.74) is 5.53. The van der Waals surface area contributed by atoms with Gasteiger partial charge in [-0.1, -0.05) is 24.3 Å². The average Bonchev–Trinajstić information content (AvgIpc) is 3.09. The van der Waals surface area contributed by atoms with Crippen molar-refractivity contribution < 1.29 is 4.79 Å². The van der Waals surface area contributed by atoms with E-state index in [0.717, 1.165) is 37.9 Å². The van der Waals surface area contributed by atoms with Crippen LogP contribution in [0.4, 0.5) is 0 Å². The number of carbonyl (C=O) groups is 1. The van der Waals surface area contributed by atoms with Gasteiger partial charge in [-0.25, -0.2) is 5.43 Å². The summed E-state index contributed by atoms with van der Waals surface area (Å²) >= 11 is 4.90. The van der Waals surface area contributed by atoms with E-state index in [9.17, 15) is 4.79 Å². The van der Waals surface area contributed by atoms with E-state index in [1.165, 1.54) is 5.56 Å². The molecule has 2 atom stereocenters. The summed E-state index contributed by atoms with van der Waals surface area (Å²) in [5.74, 6) is 0.583. The molecule has 1 saturated heterocycles. The van der Waals surface area contributed by atoms with Crippen LogP contribution in [0.3, 0.4) is 0 Å². The van der Waals surface area contributed by atoms with Crippen molar-refractivity contribution in [2.24, 2.45) is 5.92 Å². The van der Waals surface area contributed by atoms with E-state index in [4.69, 9.17) is 12.6 Å². The molecule has 1 heterocycles. The quantitative estimate of drug-likeness (QED) is 0.450. The third-order valence-corrected chi connectivity index (χ3v) is 5.32. The molecule has 5 heteroatoms. The van der Waals surface area contributed by atoms with Crippen molar-refractivity contribution in [1.82, 2.24) is 15.8 Å². The third kappa shape index (κ3) is 2.70. The fourth-order valence-corrected chi connectivity index (χ4v) is 4.09. The summed E-state index contributed by atoms with van der Waals surface area (Å²) in [5, 5.41) is 5.06. The maximum atomic E-state index is 12.7. The second-order valence-corrected chi connectivity index (χ2v) is 6.73. The zero-order valence-electron chi connectivity index (χ0n) is 12.4. The van der Waals surface area contributed by atoms with Gasteiger partial charge in [0.1, 0.15) is 4.87 Å². The van der Waals surface area contributed by atoms with Gasteiger partial charge in [-0.15, -0.1) is 12.6 Å². The minimum absolute atomic E-state index is 0.137. The molecule has 0 bridgehead atoms. The summed E-state index contributed by atoms with van der Waals surface area (Å²) in [4.78, 5) is 12.2. The van der Waals surface area contributed by atoms with Crippen molar-refractivity contribution >= 4 is 18.5 Å². The molecular weight excluding hydrogens is 282 g/mol. The molecular formula is C16H23N3OS. The molecule has 1 aromatic carbocycles. The van der Waals surface area contributed by atoms with E-state index in [-0.39, 0.29) is 5.91 Å². The van der Waals surface area contributed by atoms with Crippen LogP contribution in [0.2, 0.25) is 0 Å². The Morgan fingerprint density at radius 3 is 3.05 bits per heavy atom. The first-order valence-electron chi connectivity index (χ1n) is 7.67. The smallest absolute Gasteiger partial charge is 0.238 e. The lowest BCUT2D eigenvalue weighted by Crippen LogP contribution is -2.52. The topological polar surface area (TPSA) is 44.4 Å². The highest BCUT2D eigenvalue weighted by molar-refractivity contribution is 7.81. The molecule has 1 fully saturated rings. The largest absolute Gasteiger partial charge is 0.316 e. The van der Waals surface area contributed by atoms with Crippen LogP contribution >= 0.6 is 12.6 Å². The lowest BCUT2D eigenvalue weighted by molar-refractivity contribution is -0.139. The lowest BCUT2D eigenvalue weighted by atomic mass is 10.0. The Hall–Kier alpha value is -1.04. The van der Waals surface area contributed by atoms with E-state index >= 15 is 0 Å². The molecule has 0 spiro atoms. The predicted molar refractivity (Wildman–Crippen MR) is 86.9 cm³/mol. The van der Waals surface area contributed by atoms with Crippen LogP contribution < -0.4 is 10.7 Å². The number of amides is 1. The summed E-state index contributed by atoms with van der Waals surface area (Å²) in [6.07, 6.45) is 3.48. The molecule has 1 aromatic rings. The standard InChI is InChI=1S/C16H23N3OS/c1-17-19(15(20)10-12-7-9-18-11-12)16(21)8-6-13-4-2-3-5-14(13)16/h2-5,12,17-18,21H,6-11H2,1H3. The Morgan fingerprint density at radius 1 is 1.52 bits per heavy atom. The number of hydrogen-bond acceptors (Lipinski definition) is 4. The van der Waals surface area contributed by atoms with Gasteiger partial charge >= 0.3 is 0 Å². The SMILES string of the molecule is CNN(C(=O)CC1CCNC1)C1(S)CCc2ccccc21. The van der Waals surface area contributed by atoms with Gasteiger partial charge in [0.15, 0.2) is 0 Å². The van der Waals surface area contributed by atoms with Crippen LogP contribution in [0.5, 0.6) is 0 Å². The summed E-state index contributed by atoms with van der Waals surface area (Å²) in [6.45, 7) is 1.96. The number of nitrogens with zero attached hydrogens (tertiary/aromatic N) is 1. The number of nitrogens with one attached hydrogen (secondary N) is 2. The Bertz CT molecular complexity index is 530. The van der Waals surface area contributed by atoms with Crippen molar-refractivity contribution in [1.29, 1.82) is 0 Å². The van der Waals surface area contributed by atoms with Crippen LogP contribution in [-0.4, -0.2) is 31.1 Å². The highest BCUT2D eigenvalue weighted by atomic mass is 32.1. The third-order valence-electron chi connectivity index (χ3n) is 4.66. The first-order valence-corrected chi connectivity index (χ1v) is 8.12. The van der Waals surface area contributed by atoms with Crippen molar-refractivity contribution in [3.05, 3.63) is 35.4 Å². The Kier molecular flexibility index (Phi) is 4.24. The molecule has 114 valence electrons. The molecule has 2 N–H and O–H groups in total. The number of fused-ring (bicyclic) bond motifs is 1. The molecule has 4 nitrogen and oxygen atoms in total. The van der Waals surface area contributed by atoms with E-state index in [1.54, 1.807) is 5.01 Å². The molecule has 21 heavy (non-hydrogen) atoms. The molecule has 0 radical (unpaired) electrons. The first kappa shape index (κ1) is 14.9. The van der Waals surface area contributed by atoms with Gasteiger partial charge in [0.05, 0.1) is 0 Å². The number of thiol groups is 1. The van der Waals surface area contributed by atoms with Crippen molar-refractivity contribution in [2.75, 3.05) is 20.1 Å². The maximum Gasteiger partial charge on any atom is 0.238 e. The normalized spacial score (nSPS) is 27.6. The Balaban J connectivity index is 1.81.